The van der Waals surface area contributed by atoms with Crippen LogP contribution in [0.4, 0.5) is 0 Å². The number of ether oxygens (including phenoxy) is 1. The second kappa shape index (κ2) is 6.77. The van der Waals surface area contributed by atoms with Gasteiger partial charge in [-0.3, -0.25) is 0 Å². The summed E-state index contributed by atoms with van der Waals surface area (Å²) >= 11 is 0. The first kappa shape index (κ1) is 15.6. The fourth-order valence-electron chi connectivity index (χ4n) is 2.13. The smallest absolute Gasteiger partial charge is 0.127 e. The van der Waals surface area contributed by atoms with Crippen LogP contribution in [0.5, 0.6) is 5.75 Å². The Hall–Kier alpha value is -1.80. The molecule has 0 bridgehead atoms. The van der Waals surface area contributed by atoms with Gasteiger partial charge in [0.15, 0.2) is 0 Å². The Labute approximate surface area is 128 Å². The molecular formula is C19H25NO. The third kappa shape index (κ3) is 4.91. The molecule has 0 saturated heterocycles. The van der Waals surface area contributed by atoms with E-state index in [2.05, 4.69) is 63.3 Å². The highest BCUT2D eigenvalue weighted by molar-refractivity contribution is 5.70. The van der Waals surface area contributed by atoms with Gasteiger partial charge in [-0.15, -0.1) is 0 Å². The van der Waals surface area contributed by atoms with Crippen molar-refractivity contribution in [2.75, 3.05) is 6.54 Å². The number of rotatable bonds is 5. The third-order valence-electron chi connectivity index (χ3n) is 3.22. The van der Waals surface area contributed by atoms with Gasteiger partial charge in [-0.2, -0.15) is 0 Å². The zero-order valence-electron chi connectivity index (χ0n) is 13.4. The van der Waals surface area contributed by atoms with Gasteiger partial charge in [0.2, 0.25) is 0 Å². The zero-order chi connectivity index (χ0) is 15.3. The maximum absolute atomic E-state index is 6.13. The van der Waals surface area contributed by atoms with Crippen molar-refractivity contribution < 1.29 is 4.74 Å². The van der Waals surface area contributed by atoms with Gasteiger partial charge < -0.3 is 10.1 Å². The van der Waals surface area contributed by atoms with Crippen molar-refractivity contribution in [1.82, 2.24) is 5.32 Å². The Morgan fingerprint density at radius 1 is 0.952 bits per heavy atom. The average molecular weight is 283 g/mol. The normalized spacial score (nSPS) is 13.0. The minimum Gasteiger partial charge on any atom is -0.489 e. The van der Waals surface area contributed by atoms with Crippen molar-refractivity contribution in [3.05, 3.63) is 54.6 Å². The lowest BCUT2D eigenvalue weighted by Gasteiger charge is -2.24. The van der Waals surface area contributed by atoms with Crippen molar-refractivity contribution in [1.29, 1.82) is 0 Å². The monoisotopic (exact) mass is 283 g/mol. The molecular weight excluding hydrogens is 258 g/mol. The first-order valence-corrected chi connectivity index (χ1v) is 7.52. The van der Waals surface area contributed by atoms with Crippen LogP contribution >= 0.6 is 0 Å². The highest BCUT2D eigenvalue weighted by atomic mass is 16.5. The lowest BCUT2D eigenvalue weighted by atomic mass is 10.0. The largest absolute Gasteiger partial charge is 0.489 e. The summed E-state index contributed by atoms with van der Waals surface area (Å²) in [4.78, 5) is 0. The summed E-state index contributed by atoms with van der Waals surface area (Å²) in [5.74, 6) is 0.937. The first-order chi connectivity index (χ1) is 9.96. The Balaban J connectivity index is 2.10. The van der Waals surface area contributed by atoms with E-state index in [4.69, 9.17) is 4.74 Å². The van der Waals surface area contributed by atoms with E-state index in [9.17, 15) is 0 Å². The molecule has 2 rings (SSSR count). The predicted octanol–water partition coefficient (Wildman–Crippen LogP) is 4.51. The number of benzene rings is 2. The molecule has 1 unspecified atom stereocenters. The van der Waals surface area contributed by atoms with Crippen LogP contribution in [-0.4, -0.2) is 18.2 Å². The highest BCUT2D eigenvalue weighted by Crippen LogP contribution is 2.30. The summed E-state index contributed by atoms with van der Waals surface area (Å²) in [5.41, 5.74) is 2.43. The van der Waals surface area contributed by atoms with E-state index in [1.165, 1.54) is 5.56 Å². The Kier molecular flexibility index (Phi) is 5.03. The van der Waals surface area contributed by atoms with Crippen molar-refractivity contribution in [3.8, 4) is 16.9 Å². The Morgan fingerprint density at radius 2 is 1.57 bits per heavy atom. The topological polar surface area (TPSA) is 21.3 Å². The number of nitrogens with one attached hydrogen (secondary N) is 1. The van der Waals surface area contributed by atoms with Crippen LogP contribution in [-0.2, 0) is 0 Å². The number of para-hydroxylation sites is 1. The summed E-state index contributed by atoms with van der Waals surface area (Å²) in [6.07, 6.45) is 0.120. The van der Waals surface area contributed by atoms with Crippen molar-refractivity contribution in [2.45, 2.75) is 39.3 Å². The molecule has 2 aromatic rings. The molecule has 2 heteroatoms. The molecule has 0 saturated carbocycles. The lowest BCUT2D eigenvalue weighted by molar-refractivity contribution is 0.204. The molecule has 0 aromatic heterocycles. The van der Waals surface area contributed by atoms with Gasteiger partial charge in [0.25, 0.3) is 0 Å². The van der Waals surface area contributed by atoms with Crippen molar-refractivity contribution >= 4 is 0 Å². The molecule has 0 aliphatic carbocycles. The molecule has 0 aliphatic heterocycles. The Morgan fingerprint density at radius 3 is 2.24 bits per heavy atom. The van der Waals surface area contributed by atoms with E-state index >= 15 is 0 Å². The highest BCUT2D eigenvalue weighted by Gasteiger charge is 2.13. The van der Waals surface area contributed by atoms with Crippen molar-refractivity contribution in [2.24, 2.45) is 0 Å². The summed E-state index contributed by atoms with van der Waals surface area (Å²) in [6, 6.07) is 18.6. The minimum absolute atomic E-state index is 0.108. The van der Waals surface area contributed by atoms with Gasteiger partial charge in [-0.1, -0.05) is 48.5 Å². The molecule has 1 N–H and O–H groups in total. The molecule has 112 valence electrons. The van der Waals surface area contributed by atoms with Crippen LogP contribution in [0.15, 0.2) is 54.6 Å². The molecule has 0 heterocycles. The molecule has 21 heavy (non-hydrogen) atoms. The molecule has 0 amide bonds. The fraction of sp³-hybridized carbons (Fsp3) is 0.368. The van der Waals surface area contributed by atoms with Gasteiger partial charge >= 0.3 is 0 Å². The van der Waals surface area contributed by atoms with Crippen LogP contribution in [0.3, 0.4) is 0 Å². The Bertz CT molecular complexity index is 557. The molecule has 0 fully saturated rings. The minimum atomic E-state index is 0.108. The van der Waals surface area contributed by atoms with Gasteiger partial charge in [0.1, 0.15) is 11.9 Å². The van der Waals surface area contributed by atoms with E-state index in [-0.39, 0.29) is 11.6 Å². The number of hydrogen-bond acceptors (Lipinski definition) is 2. The molecule has 0 aliphatic rings. The van der Waals surface area contributed by atoms with E-state index in [1.807, 2.05) is 24.3 Å². The summed E-state index contributed by atoms with van der Waals surface area (Å²) in [6.45, 7) is 9.42. The summed E-state index contributed by atoms with van der Waals surface area (Å²) in [7, 11) is 0. The summed E-state index contributed by atoms with van der Waals surface area (Å²) in [5, 5.41) is 3.48. The molecule has 0 radical (unpaired) electrons. The second-order valence-electron chi connectivity index (χ2n) is 6.42. The van der Waals surface area contributed by atoms with Crippen LogP contribution in [0.1, 0.15) is 27.7 Å². The van der Waals surface area contributed by atoms with Gasteiger partial charge in [0.05, 0.1) is 0 Å². The van der Waals surface area contributed by atoms with E-state index in [1.54, 1.807) is 0 Å². The van der Waals surface area contributed by atoms with Crippen LogP contribution < -0.4 is 10.1 Å². The molecule has 0 spiro atoms. The van der Waals surface area contributed by atoms with E-state index in [0.29, 0.717) is 0 Å². The maximum Gasteiger partial charge on any atom is 0.127 e. The molecule has 2 aromatic carbocycles. The second-order valence-corrected chi connectivity index (χ2v) is 6.42. The fourth-order valence-corrected chi connectivity index (χ4v) is 2.13. The maximum atomic E-state index is 6.13. The predicted molar refractivity (Wildman–Crippen MR) is 89.7 cm³/mol. The zero-order valence-corrected chi connectivity index (χ0v) is 13.4. The van der Waals surface area contributed by atoms with Gasteiger partial charge in [-0.05, 0) is 39.3 Å². The standard InChI is InChI=1S/C19H25NO/c1-15(14-20-19(2,3)4)21-18-13-9-8-12-17(18)16-10-6-5-7-11-16/h5-13,15,20H,14H2,1-4H3. The first-order valence-electron chi connectivity index (χ1n) is 7.52. The quantitative estimate of drug-likeness (QED) is 0.871. The lowest BCUT2D eigenvalue weighted by Crippen LogP contribution is -2.41. The average Bonchev–Trinajstić information content (AvgIpc) is 2.46. The van der Waals surface area contributed by atoms with Crippen molar-refractivity contribution in [3.63, 3.8) is 0 Å². The van der Waals surface area contributed by atoms with Crippen LogP contribution in [0.2, 0.25) is 0 Å². The van der Waals surface area contributed by atoms with Gasteiger partial charge in [0, 0.05) is 17.6 Å². The molecule has 2 nitrogen and oxygen atoms in total. The molecule has 1 atom stereocenters. The summed E-state index contributed by atoms with van der Waals surface area (Å²) < 4.78 is 6.13. The number of hydrogen-bond donors (Lipinski definition) is 1. The van der Waals surface area contributed by atoms with E-state index < -0.39 is 0 Å². The van der Waals surface area contributed by atoms with Crippen LogP contribution in [0.25, 0.3) is 11.1 Å². The van der Waals surface area contributed by atoms with Crippen LogP contribution in [0, 0.1) is 0 Å². The van der Waals surface area contributed by atoms with E-state index in [0.717, 1.165) is 17.9 Å². The SMILES string of the molecule is CC(CNC(C)(C)C)Oc1ccccc1-c1ccccc1. The van der Waals surface area contributed by atoms with Gasteiger partial charge in [-0.25, -0.2) is 0 Å². The third-order valence-corrected chi connectivity index (χ3v) is 3.22.